The zero-order chi connectivity index (χ0) is 17.8. The fourth-order valence-corrected chi connectivity index (χ4v) is 2.47. The second-order valence-corrected chi connectivity index (χ2v) is 6.08. The Balaban J connectivity index is 1.80. The van der Waals surface area contributed by atoms with Crippen LogP contribution in [0.25, 0.3) is 0 Å². The number of nitrogens with zero attached hydrogens (tertiary/aromatic N) is 2. The Morgan fingerprint density at radius 3 is 2.44 bits per heavy atom. The van der Waals surface area contributed by atoms with E-state index >= 15 is 0 Å². The Morgan fingerprint density at radius 2 is 1.72 bits per heavy atom. The fourth-order valence-electron chi connectivity index (χ4n) is 2.35. The molecule has 25 heavy (non-hydrogen) atoms. The highest BCUT2D eigenvalue weighted by Crippen LogP contribution is 2.19. The molecule has 126 valence electrons. The number of amides is 1. The predicted molar refractivity (Wildman–Crippen MR) is 101 cm³/mol. The average Bonchev–Trinajstić information content (AvgIpc) is 2.56. The van der Waals surface area contributed by atoms with Crippen LogP contribution in [0.15, 0.2) is 54.6 Å². The molecule has 6 heteroatoms. The molecule has 5 nitrogen and oxygen atoms in total. The van der Waals surface area contributed by atoms with E-state index < -0.39 is 0 Å². The number of hydrogen-bond acceptors (Lipinski definition) is 4. The molecule has 0 saturated heterocycles. The van der Waals surface area contributed by atoms with Gasteiger partial charge in [-0.05, 0) is 55.8 Å². The molecular weight excluding hydrogens is 336 g/mol. The van der Waals surface area contributed by atoms with Gasteiger partial charge in [-0.3, -0.25) is 4.79 Å². The van der Waals surface area contributed by atoms with E-state index in [1.54, 1.807) is 25.1 Å². The van der Waals surface area contributed by atoms with Crippen molar-refractivity contribution in [1.82, 2.24) is 9.97 Å². The summed E-state index contributed by atoms with van der Waals surface area (Å²) in [7, 11) is 0. The zero-order valence-electron chi connectivity index (χ0n) is 13.9. The van der Waals surface area contributed by atoms with E-state index in [-0.39, 0.29) is 5.91 Å². The van der Waals surface area contributed by atoms with Gasteiger partial charge in [-0.2, -0.15) is 0 Å². The molecule has 2 aromatic carbocycles. The number of nitrogens with one attached hydrogen (secondary N) is 2. The van der Waals surface area contributed by atoms with E-state index in [1.807, 2.05) is 43.3 Å². The summed E-state index contributed by atoms with van der Waals surface area (Å²) in [4.78, 5) is 21.0. The van der Waals surface area contributed by atoms with Crippen LogP contribution in [0, 0.1) is 13.8 Å². The molecule has 1 aromatic heterocycles. The SMILES string of the molecule is Cc1cccc(NC(=O)c2cc(Nc3ccc(Cl)cc3)nc(C)n2)c1. The van der Waals surface area contributed by atoms with Gasteiger partial charge in [0, 0.05) is 22.5 Å². The highest BCUT2D eigenvalue weighted by Gasteiger charge is 2.11. The second-order valence-electron chi connectivity index (χ2n) is 5.64. The zero-order valence-corrected chi connectivity index (χ0v) is 14.6. The number of rotatable bonds is 4. The fraction of sp³-hybridized carbons (Fsp3) is 0.105. The van der Waals surface area contributed by atoms with Gasteiger partial charge in [-0.15, -0.1) is 0 Å². The number of aromatic nitrogens is 2. The lowest BCUT2D eigenvalue weighted by molar-refractivity contribution is 0.102. The molecular formula is C19H17ClN4O. The van der Waals surface area contributed by atoms with Gasteiger partial charge in [-0.1, -0.05) is 23.7 Å². The number of anilines is 3. The minimum Gasteiger partial charge on any atom is -0.340 e. The van der Waals surface area contributed by atoms with Crippen molar-refractivity contribution >= 4 is 34.7 Å². The first-order valence-corrected chi connectivity index (χ1v) is 8.14. The Kier molecular flexibility index (Phi) is 4.95. The molecule has 0 radical (unpaired) electrons. The maximum Gasteiger partial charge on any atom is 0.274 e. The highest BCUT2D eigenvalue weighted by molar-refractivity contribution is 6.30. The van der Waals surface area contributed by atoms with Crippen molar-refractivity contribution in [3.63, 3.8) is 0 Å². The molecule has 0 aliphatic heterocycles. The quantitative estimate of drug-likeness (QED) is 0.711. The molecule has 1 heterocycles. The minimum absolute atomic E-state index is 0.282. The lowest BCUT2D eigenvalue weighted by Crippen LogP contribution is -2.15. The molecule has 0 atom stereocenters. The summed E-state index contributed by atoms with van der Waals surface area (Å²) >= 11 is 5.89. The Labute approximate surface area is 151 Å². The van der Waals surface area contributed by atoms with Gasteiger partial charge >= 0.3 is 0 Å². The smallest absolute Gasteiger partial charge is 0.274 e. The predicted octanol–water partition coefficient (Wildman–Crippen LogP) is 4.74. The van der Waals surface area contributed by atoms with Crippen LogP contribution in [0.2, 0.25) is 5.02 Å². The Bertz CT molecular complexity index is 910. The van der Waals surface area contributed by atoms with Crippen LogP contribution in [0.4, 0.5) is 17.2 Å². The average molecular weight is 353 g/mol. The number of aryl methyl sites for hydroxylation is 2. The minimum atomic E-state index is -0.282. The highest BCUT2D eigenvalue weighted by atomic mass is 35.5. The maximum absolute atomic E-state index is 12.5. The van der Waals surface area contributed by atoms with E-state index in [9.17, 15) is 4.79 Å². The van der Waals surface area contributed by atoms with Crippen LogP contribution < -0.4 is 10.6 Å². The molecule has 0 fully saturated rings. The standard InChI is InChI=1S/C19H17ClN4O/c1-12-4-3-5-16(10-12)24-19(25)17-11-18(22-13(2)21-17)23-15-8-6-14(20)7-9-15/h3-11H,1-2H3,(H,24,25)(H,21,22,23). The van der Waals surface area contributed by atoms with Crippen molar-refractivity contribution < 1.29 is 4.79 Å². The van der Waals surface area contributed by atoms with E-state index in [0.717, 1.165) is 16.9 Å². The topological polar surface area (TPSA) is 66.9 Å². The molecule has 0 aliphatic rings. The lowest BCUT2D eigenvalue weighted by atomic mass is 10.2. The van der Waals surface area contributed by atoms with Gasteiger partial charge in [0.15, 0.2) is 0 Å². The summed E-state index contributed by atoms with van der Waals surface area (Å²) in [6, 6.07) is 16.5. The number of carbonyl (C=O) groups is 1. The van der Waals surface area contributed by atoms with Crippen molar-refractivity contribution in [2.75, 3.05) is 10.6 Å². The molecule has 0 unspecified atom stereocenters. The van der Waals surface area contributed by atoms with Crippen molar-refractivity contribution in [3.8, 4) is 0 Å². The first kappa shape index (κ1) is 16.9. The summed E-state index contributed by atoms with van der Waals surface area (Å²) in [5.41, 5.74) is 2.92. The van der Waals surface area contributed by atoms with Gasteiger partial charge in [0.1, 0.15) is 17.3 Å². The van der Waals surface area contributed by atoms with Crippen LogP contribution >= 0.6 is 11.6 Å². The summed E-state index contributed by atoms with van der Waals surface area (Å²) in [6.45, 7) is 3.72. The summed E-state index contributed by atoms with van der Waals surface area (Å²) in [6.07, 6.45) is 0. The van der Waals surface area contributed by atoms with Crippen LogP contribution in [0.3, 0.4) is 0 Å². The molecule has 3 aromatic rings. The van der Waals surface area contributed by atoms with Crippen molar-refractivity contribution in [3.05, 3.63) is 76.7 Å². The largest absolute Gasteiger partial charge is 0.340 e. The Morgan fingerprint density at radius 1 is 0.960 bits per heavy atom. The van der Waals surface area contributed by atoms with E-state index in [2.05, 4.69) is 20.6 Å². The van der Waals surface area contributed by atoms with Crippen molar-refractivity contribution in [1.29, 1.82) is 0 Å². The summed E-state index contributed by atoms with van der Waals surface area (Å²) in [5, 5.41) is 6.66. The van der Waals surface area contributed by atoms with E-state index in [1.165, 1.54) is 0 Å². The number of carbonyl (C=O) groups excluding carboxylic acids is 1. The maximum atomic E-state index is 12.5. The monoisotopic (exact) mass is 352 g/mol. The summed E-state index contributed by atoms with van der Waals surface area (Å²) in [5.74, 6) is 0.771. The second kappa shape index (κ2) is 7.32. The third kappa shape index (κ3) is 4.55. The number of benzene rings is 2. The summed E-state index contributed by atoms with van der Waals surface area (Å²) < 4.78 is 0. The number of halogens is 1. The van der Waals surface area contributed by atoms with Crippen LogP contribution in [0.5, 0.6) is 0 Å². The van der Waals surface area contributed by atoms with Gasteiger partial charge in [0.2, 0.25) is 0 Å². The van der Waals surface area contributed by atoms with Gasteiger partial charge in [0.05, 0.1) is 0 Å². The first-order chi connectivity index (χ1) is 12.0. The third-order valence-corrected chi connectivity index (χ3v) is 3.72. The lowest BCUT2D eigenvalue weighted by Gasteiger charge is -2.09. The normalized spacial score (nSPS) is 10.4. The first-order valence-electron chi connectivity index (χ1n) is 7.76. The van der Waals surface area contributed by atoms with Crippen molar-refractivity contribution in [2.24, 2.45) is 0 Å². The number of hydrogen-bond donors (Lipinski definition) is 2. The van der Waals surface area contributed by atoms with Crippen molar-refractivity contribution in [2.45, 2.75) is 13.8 Å². The Hall–Kier alpha value is -2.92. The van der Waals surface area contributed by atoms with Gasteiger partial charge in [0.25, 0.3) is 5.91 Å². The molecule has 0 saturated carbocycles. The molecule has 0 bridgehead atoms. The van der Waals surface area contributed by atoms with Crippen LogP contribution in [0.1, 0.15) is 21.9 Å². The molecule has 1 amide bonds. The van der Waals surface area contributed by atoms with Crippen LogP contribution in [-0.4, -0.2) is 15.9 Å². The van der Waals surface area contributed by atoms with Crippen LogP contribution in [-0.2, 0) is 0 Å². The van der Waals surface area contributed by atoms with Gasteiger partial charge < -0.3 is 10.6 Å². The molecule has 0 aliphatic carbocycles. The molecule has 2 N–H and O–H groups in total. The third-order valence-electron chi connectivity index (χ3n) is 3.46. The molecule has 0 spiro atoms. The molecule has 3 rings (SSSR count). The van der Waals surface area contributed by atoms with E-state index in [4.69, 9.17) is 11.6 Å². The van der Waals surface area contributed by atoms with Gasteiger partial charge in [-0.25, -0.2) is 9.97 Å². The van der Waals surface area contributed by atoms with E-state index in [0.29, 0.717) is 22.4 Å².